The minimum Gasteiger partial charge on any atom is -0.481 e. The Bertz CT molecular complexity index is 799. The van der Waals surface area contributed by atoms with E-state index in [1.54, 1.807) is 31.2 Å². The molecule has 26 heavy (non-hydrogen) atoms. The summed E-state index contributed by atoms with van der Waals surface area (Å²) in [5.74, 6) is -0.126. The maximum atomic E-state index is 14.1. The van der Waals surface area contributed by atoms with Crippen LogP contribution >= 0.6 is 24.0 Å². The molecular formula is C19H20Cl2FNO3. The number of benzene rings is 2. The fourth-order valence-corrected chi connectivity index (χ4v) is 3.17. The number of rotatable bonds is 5. The van der Waals surface area contributed by atoms with Crippen molar-refractivity contribution in [3.8, 4) is 16.9 Å². The first-order chi connectivity index (χ1) is 12.1. The molecule has 0 fully saturated rings. The fourth-order valence-electron chi connectivity index (χ4n) is 2.99. The van der Waals surface area contributed by atoms with Crippen LogP contribution in [0, 0.1) is 5.82 Å². The summed E-state index contributed by atoms with van der Waals surface area (Å²) in [7, 11) is 0. The van der Waals surface area contributed by atoms with E-state index in [-0.39, 0.29) is 24.8 Å². The molecule has 2 aromatic carbocycles. The fraction of sp³-hybridized carbons (Fsp3) is 0.316. The first-order valence-electron chi connectivity index (χ1n) is 8.19. The van der Waals surface area contributed by atoms with E-state index < -0.39 is 5.97 Å². The molecule has 3 rings (SSSR count). The second kappa shape index (κ2) is 9.21. The van der Waals surface area contributed by atoms with Crippen molar-refractivity contribution in [2.24, 2.45) is 0 Å². The third-order valence-electron chi connectivity index (χ3n) is 4.11. The molecule has 0 aromatic heterocycles. The maximum absolute atomic E-state index is 14.1. The number of ether oxygens (including phenoxy) is 2. The van der Waals surface area contributed by atoms with Crippen molar-refractivity contribution >= 4 is 30.0 Å². The highest BCUT2D eigenvalue weighted by atomic mass is 35.5. The van der Waals surface area contributed by atoms with Crippen LogP contribution in [0.25, 0.3) is 11.1 Å². The van der Waals surface area contributed by atoms with Gasteiger partial charge in [0.15, 0.2) is 6.61 Å². The minimum atomic E-state index is -0.439. The van der Waals surface area contributed by atoms with E-state index in [0.717, 1.165) is 23.2 Å². The lowest BCUT2D eigenvalue weighted by molar-refractivity contribution is -0.145. The Morgan fingerprint density at radius 2 is 2.04 bits per heavy atom. The molecule has 1 heterocycles. The van der Waals surface area contributed by atoms with Gasteiger partial charge in [-0.05, 0) is 60.8 Å². The van der Waals surface area contributed by atoms with Crippen molar-refractivity contribution in [1.29, 1.82) is 0 Å². The van der Waals surface area contributed by atoms with Gasteiger partial charge in [0.25, 0.3) is 0 Å². The van der Waals surface area contributed by atoms with Gasteiger partial charge in [-0.2, -0.15) is 0 Å². The van der Waals surface area contributed by atoms with Crippen molar-refractivity contribution in [3.63, 3.8) is 0 Å². The molecule has 7 heteroatoms. The SMILES string of the molecule is CCOC(=O)COc1ccc(Cl)cc1-c1ccc(F)c2c1CNCC2.Cl. The van der Waals surface area contributed by atoms with Gasteiger partial charge < -0.3 is 14.8 Å². The first kappa shape index (κ1) is 20.5. The Labute approximate surface area is 163 Å². The lowest BCUT2D eigenvalue weighted by atomic mass is 9.91. The summed E-state index contributed by atoms with van der Waals surface area (Å²) in [5.41, 5.74) is 3.20. The summed E-state index contributed by atoms with van der Waals surface area (Å²) < 4.78 is 24.7. The molecule has 0 atom stereocenters. The average molecular weight is 400 g/mol. The molecule has 4 nitrogen and oxygen atoms in total. The highest BCUT2D eigenvalue weighted by molar-refractivity contribution is 6.31. The average Bonchev–Trinajstić information content (AvgIpc) is 2.61. The van der Waals surface area contributed by atoms with Gasteiger partial charge in [-0.3, -0.25) is 0 Å². The second-order valence-electron chi connectivity index (χ2n) is 5.71. The Kier molecular flexibility index (Phi) is 7.26. The highest BCUT2D eigenvalue weighted by Gasteiger charge is 2.20. The molecule has 2 aromatic rings. The molecule has 0 amide bonds. The van der Waals surface area contributed by atoms with E-state index in [2.05, 4.69) is 5.32 Å². The van der Waals surface area contributed by atoms with Crippen LogP contribution in [0.3, 0.4) is 0 Å². The van der Waals surface area contributed by atoms with Crippen LogP contribution < -0.4 is 10.1 Å². The smallest absolute Gasteiger partial charge is 0.344 e. The molecule has 0 bridgehead atoms. The van der Waals surface area contributed by atoms with E-state index in [0.29, 0.717) is 35.9 Å². The molecule has 1 N–H and O–H groups in total. The molecule has 0 aliphatic carbocycles. The topological polar surface area (TPSA) is 47.6 Å². The molecule has 0 unspecified atom stereocenters. The van der Waals surface area contributed by atoms with Crippen LogP contribution in [0.4, 0.5) is 4.39 Å². The van der Waals surface area contributed by atoms with Gasteiger partial charge in [0.05, 0.1) is 6.61 Å². The van der Waals surface area contributed by atoms with Crippen molar-refractivity contribution < 1.29 is 18.7 Å². The van der Waals surface area contributed by atoms with E-state index in [1.807, 2.05) is 0 Å². The summed E-state index contributed by atoms with van der Waals surface area (Å²) in [5, 5.41) is 3.81. The summed E-state index contributed by atoms with van der Waals surface area (Å²) >= 11 is 6.16. The number of hydrogen-bond donors (Lipinski definition) is 1. The number of nitrogens with one attached hydrogen (secondary N) is 1. The van der Waals surface area contributed by atoms with Gasteiger partial charge >= 0.3 is 5.97 Å². The third kappa shape index (κ3) is 4.47. The standard InChI is InChI=1S/C19H19ClFNO3.ClH/c1-2-24-19(23)11-25-18-6-3-12(20)9-15(18)13-4-5-17(21)14-7-8-22-10-16(13)14;/h3-6,9,22H,2,7-8,10-11H2,1H3;1H. The molecule has 0 radical (unpaired) electrons. The molecule has 0 saturated carbocycles. The van der Waals surface area contributed by atoms with Gasteiger partial charge in [0, 0.05) is 17.1 Å². The number of hydrogen-bond acceptors (Lipinski definition) is 4. The minimum absolute atomic E-state index is 0. The summed E-state index contributed by atoms with van der Waals surface area (Å²) in [6.07, 6.45) is 0.634. The number of carbonyl (C=O) groups is 1. The van der Waals surface area contributed by atoms with Crippen molar-refractivity contribution in [2.75, 3.05) is 19.8 Å². The lowest BCUT2D eigenvalue weighted by Gasteiger charge is -2.22. The van der Waals surface area contributed by atoms with Crippen LogP contribution in [0.5, 0.6) is 5.75 Å². The van der Waals surface area contributed by atoms with Crippen LogP contribution in [0.2, 0.25) is 5.02 Å². The van der Waals surface area contributed by atoms with Crippen LogP contribution in [-0.2, 0) is 22.5 Å². The summed E-state index contributed by atoms with van der Waals surface area (Å²) in [6.45, 7) is 3.17. The van der Waals surface area contributed by atoms with Crippen LogP contribution in [-0.4, -0.2) is 25.7 Å². The Morgan fingerprint density at radius 1 is 1.23 bits per heavy atom. The Balaban J connectivity index is 0.00000243. The molecule has 0 saturated heterocycles. The molecule has 0 spiro atoms. The second-order valence-corrected chi connectivity index (χ2v) is 6.15. The quantitative estimate of drug-likeness (QED) is 0.766. The Morgan fingerprint density at radius 3 is 2.81 bits per heavy atom. The number of esters is 1. The number of carbonyl (C=O) groups excluding carboxylic acids is 1. The van der Waals surface area contributed by atoms with Crippen molar-refractivity contribution in [3.05, 3.63) is 52.3 Å². The van der Waals surface area contributed by atoms with Crippen LogP contribution in [0.1, 0.15) is 18.1 Å². The predicted octanol–water partition coefficient (Wildman–Crippen LogP) is 4.16. The summed E-state index contributed by atoms with van der Waals surface area (Å²) in [4.78, 5) is 11.6. The molecule has 1 aliphatic rings. The zero-order valence-electron chi connectivity index (χ0n) is 14.3. The van der Waals surface area contributed by atoms with Crippen molar-refractivity contribution in [2.45, 2.75) is 19.9 Å². The summed E-state index contributed by atoms with van der Waals surface area (Å²) in [6, 6.07) is 8.37. The predicted molar refractivity (Wildman–Crippen MR) is 102 cm³/mol. The largest absolute Gasteiger partial charge is 0.481 e. The Hall–Kier alpha value is -1.82. The number of fused-ring (bicyclic) bond motifs is 1. The van der Waals surface area contributed by atoms with E-state index in [4.69, 9.17) is 21.1 Å². The van der Waals surface area contributed by atoms with Gasteiger partial charge in [-0.25, -0.2) is 9.18 Å². The van der Waals surface area contributed by atoms with Gasteiger partial charge in [-0.15, -0.1) is 12.4 Å². The first-order valence-corrected chi connectivity index (χ1v) is 8.57. The lowest BCUT2D eigenvalue weighted by Crippen LogP contribution is -2.25. The zero-order valence-corrected chi connectivity index (χ0v) is 15.9. The van der Waals surface area contributed by atoms with E-state index in [9.17, 15) is 9.18 Å². The zero-order chi connectivity index (χ0) is 17.8. The van der Waals surface area contributed by atoms with Gasteiger partial charge in [-0.1, -0.05) is 17.7 Å². The molecule has 140 valence electrons. The van der Waals surface area contributed by atoms with E-state index >= 15 is 0 Å². The monoisotopic (exact) mass is 399 g/mol. The molecule has 1 aliphatic heterocycles. The van der Waals surface area contributed by atoms with Gasteiger partial charge in [0.1, 0.15) is 11.6 Å². The van der Waals surface area contributed by atoms with Crippen LogP contribution in [0.15, 0.2) is 30.3 Å². The van der Waals surface area contributed by atoms with Crippen molar-refractivity contribution in [1.82, 2.24) is 5.32 Å². The maximum Gasteiger partial charge on any atom is 0.344 e. The highest BCUT2D eigenvalue weighted by Crippen LogP contribution is 2.37. The third-order valence-corrected chi connectivity index (χ3v) is 4.35. The molecular weight excluding hydrogens is 380 g/mol. The normalized spacial score (nSPS) is 12.7. The number of halogens is 3. The van der Waals surface area contributed by atoms with Gasteiger partial charge in [0.2, 0.25) is 0 Å². The van der Waals surface area contributed by atoms with E-state index in [1.165, 1.54) is 6.07 Å².